The van der Waals surface area contributed by atoms with Crippen LogP contribution in [-0.2, 0) is 4.74 Å². The number of hydrogen-bond acceptors (Lipinski definition) is 3. The second kappa shape index (κ2) is 3.23. The van der Waals surface area contributed by atoms with Crippen LogP contribution in [0.3, 0.4) is 0 Å². The van der Waals surface area contributed by atoms with Crippen molar-refractivity contribution >= 4 is 21.8 Å². The Balaban J connectivity index is 2.33. The van der Waals surface area contributed by atoms with Crippen LogP contribution in [0.4, 0.5) is 0 Å². The van der Waals surface area contributed by atoms with E-state index in [-0.39, 0.29) is 0 Å². The minimum atomic E-state index is 0.649. The van der Waals surface area contributed by atoms with Gasteiger partial charge in [-0.05, 0) is 28.1 Å². The van der Waals surface area contributed by atoms with Gasteiger partial charge in [-0.25, -0.2) is 9.98 Å². The Kier molecular flexibility index (Phi) is 2.08. The Bertz CT molecular complexity index is 325. The van der Waals surface area contributed by atoms with Gasteiger partial charge in [-0.1, -0.05) is 6.07 Å². The van der Waals surface area contributed by atoms with Gasteiger partial charge < -0.3 is 4.74 Å². The van der Waals surface area contributed by atoms with Crippen LogP contribution < -0.4 is 0 Å². The van der Waals surface area contributed by atoms with Crippen LogP contribution in [0.5, 0.6) is 0 Å². The maximum atomic E-state index is 5.26. The second-order valence-electron chi connectivity index (χ2n) is 2.38. The van der Waals surface area contributed by atoms with E-state index in [2.05, 4.69) is 25.9 Å². The van der Waals surface area contributed by atoms with E-state index in [0.29, 0.717) is 12.5 Å². The first-order valence-electron chi connectivity index (χ1n) is 3.66. The zero-order valence-electron chi connectivity index (χ0n) is 6.33. The fraction of sp³-hybridized carbons (Fsp3) is 0.250. The van der Waals surface area contributed by atoms with Gasteiger partial charge in [-0.3, -0.25) is 0 Å². The van der Waals surface area contributed by atoms with Crippen LogP contribution in [0.15, 0.2) is 27.8 Å². The highest BCUT2D eigenvalue weighted by molar-refractivity contribution is 9.10. The Morgan fingerprint density at radius 3 is 3.00 bits per heavy atom. The van der Waals surface area contributed by atoms with E-state index in [1.54, 1.807) is 0 Å². The van der Waals surface area contributed by atoms with Gasteiger partial charge >= 0.3 is 0 Å². The lowest BCUT2D eigenvalue weighted by atomic mass is 10.3. The number of halogens is 1. The monoisotopic (exact) mass is 226 g/mol. The Hall–Kier alpha value is -0.900. The second-order valence-corrected chi connectivity index (χ2v) is 3.19. The molecule has 0 saturated carbocycles. The quantitative estimate of drug-likeness (QED) is 0.683. The molecule has 0 aliphatic carbocycles. The third-order valence-electron chi connectivity index (χ3n) is 1.52. The SMILES string of the molecule is Brc1cccc(C2=NCCO2)n1. The largest absolute Gasteiger partial charge is 0.474 e. The lowest BCUT2D eigenvalue weighted by Gasteiger charge is -1.99. The Morgan fingerprint density at radius 2 is 2.33 bits per heavy atom. The maximum absolute atomic E-state index is 5.26. The Morgan fingerprint density at radius 1 is 1.42 bits per heavy atom. The molecular formula is C8H7BrN2O. The average Bonchev–Trinajstić information content (AvgIpc) is 2.56. The number of aliphatic imine (C=N–C) groups is 1. The summed E-state index contributed by atoms with van der Waals surface area (Å²) in [6, 6.07) is 5.67. The number of hydrogen-bond donors (Lipinski definition) is 0. The zero-order chi connectivity index (χ0) is 8.39. The molecule has 3 nitrogen and oxygen atoms in total. The lowest BCUT2D eigenvalue weighted by molar-refractivity contribution is 0.347. The fourth-order valence-corrected chi connectivity index (χ4v) is 1.36. The summed E-state index contributed by atoms with van der Waals surface area (Å²) in [7, 11) is 0. The highest BCUT2D eigenvalue weighted by atomic mass is 79.9. The minimum absolute atomic E-state index is 0.649. The van der Waals surface area contributed by atoms with Gasteiger partial charge in [0.15, 0.2) is 0 Å². The third-order valence-corrected chi connectivity index (χ3v) is 1.96. The van der Waals surface area contributed by atoms with E-state index in [1.165, 1.54) is 0 Å². The van der Waals surface area contributed by atoms with Crippen LogP contribution in [0.25, 0.3) is 0 Å². The molecule has 1 aliphatic rings. The van der Waals surface area contributed by atoms with Gasteiger partial charge in [0.25, 0.3) is 0 Å². The van der Waals surface area contributed by atoms with E-state index in [9.17, 15) is 0 Å². The van der Waals surface area contributed by atoms with Gasteiger partial charge in [0.05, 0.1) is 6.54 Å². The molecule has 0 saturated heterocycles. The summed E-state index contributed by atoms with van der Waals surface area (Å²) in [5.74, 6) is 0.649. The maximum Gasteiger partial charge on any atom is 0.235 e. The predicted molar refractivity (Wildman–Crippen MR) is 49.3 cm³/mol. The van der Waals surface area contributed by atoms with Crippen molar-refractivity contribution in [3.63, 3.8) is 0 Å². The molecule has 4 heteroatoms. The normalized spacial score (nSPS) is 15.6. The van der Waals surface area contributed by atoms with Gasteiger partial charge in [-0.15, -0.1) is 0 Å². The van der Waals surface area contributed by atoms with Crippen LogP contribution in [-0.4, -0.2) is 24.0 Å². The molecule has 1 aromatic rings. The molecular weight excluding hydrogens is 220 g/mol. The molecule has 12 heavy (non-hydrogen) atoms. The summed E-state index contributed by atoms with van der Waals surface area (Å²) in [5, 5.41) is 0. The summed E-state index contributed by atoms with van der Waals surface area (Å²) < 4.78 is 6.06. The van der Waals surface area contributed by atoms with E-state index >= 15 is 0 Å². The lowest BCUT2D eigenvalue weighted by Crippen LogP contribution is -2.03. The number of ether oxygens (including phenoxy) is 1. The summed E-state index contributed by atoms with van der Waals surface area (Å²) in [5.41, 5.74) is 0.793. The topological polar surface area (TPSA) is 34.5 Å². The number of aromatic nitrogens is 1. The highest BCUT2D eigenvalue weighted by Gasteiger charge is 2.10. The van der Waals surface area contributed by atoms with E-state index in [4.69, 9.17) is 4.74 Å². The number of nitrogens with zero attached hydrogens (tertiary/aromatic N) is 2. The first-order valence-corrected chi connectivity index (χ1v) is 4.46. The van der Waals surface area contributed by atoms with Crippen LogP contribution in [0.1, 0.15) is 5.69 Å². The molecule has 0 atom stereocenters. The third kappa shape index (κ3) is 1.48. The fourth-order valence-electron chi connectivity index (χ4n) is 1.02. The molecule has 2 heterocycles. The van der Waals surface area contributed by atoms with Gasteiger partial charge in [0.1, 0.15) is 16.9 Å². The van der Waals surface area contributed by atoms with Crippen molar-refractivity contribution in [2.24, 2.45) is 4.99 Å². The van der Waals surface area contributed by atoms with Crippen LogP contribution >= 0.6 is 15.9 Å². The van der Waals surface area contributed by atoms with Crippen molar-refractivity contribution in [1.82, 2.24) is 4.98 Å². The molecule has 0 spiro atoms. The van der Waals surface area contributed by atoms with Crippen molar-refractivity contribution in [2.75, 3.05) is 13.2 Å². The molecule has 0 fully saturated rings. The summed E-state index contributed by atoms with van der Waals surface area (Å²) in [6.45, 7) is 1.41. The molecule has 62 valence electrons. The van der Waals surface area contributed by atoms with Gasteiger partial charge in [0, 0.05) is 0 Å². The highest BCUT2D eigenvalue weighted by Crippen LogP contribution is 2.09. The first-order chi connectivity index (χ1) is 5.86. The van der Waals surface area contributed by atoms with Gasteiger partial charge in [0.2, 0.25) is 5.90 Å². The molecule has 1 aliphatic heterocycles. The number of pyridine rings is 1. The summed E-state index contributed by atoms with van der Waals surface area (Å²) >= 11 is 3.29. The van der Waals surface area contributed by atoms with Crippen molar-refractivity contribution < 1.29 is 4.74 Å². The molecule has 0 N–H and O–H groups in total. The summed E-state index contributed by atoms with van der Waals surface area (Å²) in [4.78, 5) is 8.37. The average molecular weight is 227 g/mol. The van der Waals surface area contributed by atoms with E-state index in [1.807, 2.05) is 18.2 Å². The predicted octanol–water partition coefficient (Wildman–Crippen LogP) is 1.62. The van der Waals surface area contributed by atoms with Crippen LogP contribution in [0, 0.1) is 0 Å². The Labute approximate surface area is 78.6 Å². The molecule has 0 aromatic carbocycles. The van der Waals surface area contributed by atoms with E-state index in [0.717, 1.165) is 16.8 Å². The molecule has 1 aromatic heterocycles. The molecule has 0 unspecified atom stereocenters. The standard InChI is InChI=1S/C8H7BrN2O/c9-7-3-1-2-6(11-7)8-10-4-5-12-8/h1-3H,4-5H2. The minimum Gasteiger partial charge on any atom is -0.474 e. The van der Waals surface area contributed by atoms with E-state index < -0.39 is 0 Å². The van der Waals surface area contributed by atoms with Crippen molar-refractivity contribution in [2.45, 2.75) is 0 Å². The molecule has 0 bridgehead atoms. The smallest absolute Gasteiger partial charge is 0.235 e. The van der Waals surface area contributed by atoms with Crippen molar-refractivity contribution in [3.8, 4) is 0 Å². The molecule has 0 amide bonds. The first kappa shape index (κ1) is 7.73. The zero-order valence-corrected chi connectivity index (χ0v) is 7.91. The summed E-state index contributed by atoms with van der Waals surface area (Å²) in [6.07, 6.45) is 0. The van der Waals surface area contributed by atoms with Crippen LogP contribution in [0.2, 0.25) is 0 Å². The van der Waals surface area contributed by atoms with Crippen molar-refractivity contribution in [3.05, 3.63) is 28.5 Å². The van der Waals surface area contributed by atoms with Gasteiger partial charge in [-0.2, -0.15) is 0 Å². The number of rotatable bonds is 1. The molecule has 2 rings (SSSR count). The molecule has 0 radical (unpaired) electrons. The van der Waals surface area contributed by atoms with Crippen molar-refractivity contribution in [1.29, 1.82) is 0 Å².